The fraction of sp³-hybridized carbons (Fsp3) is 0.257. The van der Waals surface area contributed by atoms with E-state index in [2.05, 4.69) is 38.8 Å². The van der Waals surface area contributed by atoms with Gasteiger partial charge in [-0.15, -0.1) is 0 Å². The summed E-state index contributed by atoms with van der Waals surface area (Å²) in [6, 6.07) is 26.7. The van der Waals surface area contributed by atoms with Gasteiger partial charge in [-0.2, -0.15) is 9.61 Å². The fourth-order valence-electron chi connectivity index (χ4n) is 6.03. The predicted octanol–water partition coefficient (Wildman–Crippen LogP) is 5.67. The van der Waals surface area contributed by atoms with Crippen molar-refractivity contribution in [1.82, 2.24) is 24.1 Å². The van der Waals surface area contributed by atoms with Crippen LogP contribution in [0, 0.1) is 0 Å². The van der Waals surface area contributed by atoms with Gasteiger partial charge in [0.15, 0.2) is 5.65 Å². The van der Waals surface area contributed by atoms with Gasteiger partial charge < -0.3 is 23.7 Å². The zero-order valence-corrected chi connectivity index (χ0v) is 25.2. The topological polar surface area (TPSA) is 96.0 Å². The lowest BCUT2D eigenvalue weighted by atomic mass is 10.1. The van der Waals surface area contributed by atoms with Crippen LogP contribution in [0.5, 0.6) is 0 Å². The summed E-state index contributed by atoms with van der Waals surface area (Å²) < 4.78 is 20.7. The Bertz CT molecular complexity index is 1850. The number of carbonyl (C=O) groups is 1. The lowest BCUT2D eigenvalue weighted by Crippen LogP contribution is -2.25. The molecule has 0 spiro atoms. The molecule has 10 heteroatoms. The monoisotopic (exact) mass is 602 g/mol. The van der Waals surface area contributed by atoms with Crippen LogP contribution in [0.3, 0.4) is 0 Å². The van der Waals surface area contributed by atoms with E-state index in [4.69, 9.17) is 24.2 Å². The Morgan fingerprint density at radius 1 is 0.956 bits per heavy atom. The second-order valence-corrected chi connectivity index (χ2v) is 11.0. The number of fused-ring (bicyclic) bond motifs is 2. The molecule has 0 N–H and O–H groups in total. The SMILES string of the molecule is CCOC(=O)c1cnn2c(N(Cc3ccccc3)Cc3ccccc3)cc(-c3cnc4n([C@@H]5COC[C@H]5OC)cccc3-4)nc12. The highest BCUT2D eigenvalue weighted by atomic mass is 16.5. The van der Waals surface area contributed by atoms with Crippen LogP contribution in [-0.4, -0.2) is 63.2 Å². The highest BCUT2D eigenvalue weighted by Crippen LogP contribution is 2.37. The molecule has 3 aliphatic heterocycles. The predicted molar refractivity (Wildman–Crippen MR) is 170 cm³/mol. The van der Waals surface area contributed by atoms with Crippen LogP contribution >= 0.6 is 0 Å². The number of carbonyl (C=O) groups excluding carboxylic acids is 1. The van der Waals surface area contributed by atoms with Gasteiger partial charge in [-0.25, -0.2) is 14.8 Å². The minimum absolute atomic E-state index is 0.00457. The van der Waals surface area contributed by atoms with E-state index in [1.165, 1.54) is 6.20 Å². The van der Waals surface area contributed by atoms with Crippen molar-refractivity contribution in [3.8, 4) is 22.6 Å². The molecule has 2 aromatic carbocycles. The van der Waals surface area contributed by atoms with Crippen LogP contribution in [-0.2, 0) is 27.3 Å². The molecular formula is C35H34N6O4. The molecular weight excluding hydrogens is 568 g/mol. The van der Waals surface area contributed by atoms with Gasteiger partial charge in [0.05, 0.1) is 37.8 Å². The molecule has 5 heterocycles. The van der Waals surface area contributed by atoms with Crippen molar-refractivity contribution in [1.29, 1.82) is 0 Å². The highest BCUT2D eigenvalue weighted by Gasteiger charge is 2.32. The largest absolute Gasteiger partial charge is 0.462 e. The number of benzene rings is 2. The first-order valence-electron chi connectivity index (χ1n) is 15.1. The number of anilines is 1. The second kappa shape index (κ2) is 12.5. The Kier molecular flexibility index (Phi) is 7.98. The number of hydrogen-bond acceptors (Lipinski definition) is 8. The van der Waals surface area contributed by atoms with Gasteiger partial charge in [-0.1, -0.05) is 60.7 Å². The van der Waals surface area contributed by atoms with E-state index >= 15 is 0 Å². The third kappa shape index (κ3) is 5.54. The number of ether oxygens (including phenoxy) is 3. The van der Waals surface area contributed by atoms with E-state index in [1.54, 1.807) is 18.5 Å². The molecule has 0 radical (unpaired) electrons. The molecule has 0 amide bonds. The Hall–Kier alpha value is -5.06. The molecule has 10 nitrogen and oxygen atoms in total. The van der Waals surface area contributed by atoms with Crippen molar-refractivity contribution < 1.29 is 19.0 Å². The third-order valence-electron chi connectivity index (χ3n) is 8.24. The molecule has 4 aromatic rings. The minimum Gasteiger partial charge on any atom is -0.462 e. The van der Waals surface area contributed by atoms with Gasteiger partial charge in [-0.3, -0.25) is 0 Å². The van der Waals surface area contributed by atoms with E-state index < -0.39 is 5.97 Å². The van der Waals surface area contributed by atoms with Crippen LogP contribution in [0.15, 0.2) is 97.5 Å². The molecule has 1 fully saturated rings. The van der Waals surface area contributed by atoms with Crippen LogP contribution < -0.4 is 4.90 Å². The van der Waals surface area contributed by atoms with Crippen molar-refractivity contribution in [3.05, 3.63) is 114 Å². The first-order valence-corrected chi connectivity index (χ1v) is 15.1. The number of aromatic nitrogens is 5. The number of hydrogen-bond donors (Lipinski definition) is 0. The Morgan fingerprint density at radius 3 is 2.38 bits per heavy atom. The van der Waals surface area contributed by atoms with Crippen molar-refractivity contribution in [3.63, 3.8) is 0 Å². The van der Waals surface area contributed by atoms with Crippen molar-refractivity contribution in [2.75, 3.05) is 31.8 Å². The fourth-order valence-corrected chi connectivity index (χ4v) is 6.03. The van der Waals surface area contributed by atoms with E-state index in [1.807, 2.05) is 67.0 Å². The van der Waals surface area contributed by atoms with Gasteiger partial charge in [0.2, 0.25) is 0 Å². The van der Waals surface area contributed by atoms with E-state index in [0.29, 0.717) is 43.2 Å². The summed E-state index contributed by atoms with van der Waals surface area (Å²) in [7, 11) is 1.71. The molecule has 2 atom stereocenters. The average molecular weight is 603 g/mol. The van der Waals surface area contributed by atoms with Gasteiger partial charge in [-0.05, 0) is 30.2 Å². The lowest BCUT2D eigenvalue weighted by molar-refractivity contribution is 0.0528. The maximum absolute atomic E-state index is 13.1. The molecule has 0 bridgehead atoms. The lowest BCUT2D eigenvalue weighted by Gasteiger charge is -2.26. The van der Waals surface area contributed by atoms with Crippen LogP contribution in [0.1, 0.15) is 34.5 Å². The Balaban J connectivity index is 1.38. The normalized spacial score (nSPS) is 16.4. The van der Waals surface area contributed by atoms with Crippen molar-refractivity contribution in [2.45, 2.75) is 32.2 Å². The standard InChI is InChI=1S/C35H34N6O4/c1-3-45-35(42)28-19-37-41-32(39(20-24-11-6-4-7-12-24)21-25-13-8-5-9-14-25)17-29(38-34(28)41)27-18-36-33-26(27)15-10-16-40(33)30-22-44-23-31(30)43-2/h4-19,30-31H,3,20-23H2,1-2H3/t30-,31-/m1/s1. The smallest absolute Gasteiger partial charge is 0.343 e. The first-order chi connectivity index (χ1) is 22.1. The number of nitrogens with zero attached hydrogens (tertiary/aromatic N) is 6. The summed E-state index contributed by atoms with van der Waals surface area (Å²) in [6.07, 6.45) is 5.34. The molecule has 0 saturated carbocycles. The van der Waals surface area contributed by atoms with Crippen molar-refractivity contribution in [2.24, 2.45) is 0 Å². The molecule has 7 rings (SSSR count). The maximum Gasteiger partial charge on any atom is 0.343 e. The molecule has 45 heavy (non-hydrogen) atoms. The summed E-state index contributed by atoms with van der Waals surface area (Å²) in [4.78, 5) is 25.2. The van der Waals surface area contributed by atoms with Crippen molar-refractivity contribution >= 4 is 17.4 Å². The second-order valence-electron chi connectivity index (χ2n) is 11.0. The first kappa shape index (κ1) is 28.7. The quantitative estimate of drug-likeness (QED) is 0.185. The molecule has 2 aromatic heterocycles. The van der Waals surface area contributed by atoms with E-state index in [0.717, 1.165) is 33.9 Å². The van der Waals surface area contributed by atoms with Crippen LogP contribution in [0.4, 0.5) is 5.82 Å². The average Bonchev–Trinajstić information content (AvgIpc) is 3.83. The summed E-state index contributed by atoms with van der Waals surface area (Å²) >= 11 is 0. The van der Waals surface area contributed by atoms with E-state index in [-0.39, 0.29) is 18.8 Å². The summed E-state index contributed by atoms with van der Waals surface area (Å²) in [5.41, 5.74) is 5.50. The highest BCUT2D eigenvalue weighted by molar-refractivity contribution is 5.96. The number of methoxy groups -OCH3 is 1. The zero-order valence-electron chi connectivity index (χ0n) is 25.2. The summed E-state index contributed by atoms with van der Waals surface area (Å²) in [5.74, 6) is 1.15. The minimum atomic E-state index is -0.462. The number of rotatable bonds is 10. The molecule has 0 aliphatic carbocycles. The van der Waals surface area contributed by atoms with E-state index in [9.17, 15) is 4.79 Å². The van der Waals surface area contributed by atoms with Gasteiger partial charge in [0, 0.05) is 49.8 Å². The Labute approximate surface area is 261 Å². The summed E-state index contributed by atoms with van der Waals surface area (Å²) in [5, 5.41) is 4.66. The Morgan fingerprint density at radius 2 is 1.69 bits per heavy atom. The van der Waals surface area contributed by atoms with Gasteiger partial charge in [0.1, 0.15) is 23.3 Å². The maximum atomic E-state index is 13.1. The van der Waals surface area contributed by atoms with Gasteiger partial charge in [0.25, 0.3) is 0 Å². The third-order valence-corrected chi connectivity index (χ3v) is 8.24. The number of esters is 1. The summed E-state index contributed by atoms with van der Waals surface area (Å²) in [6.45, 7) is 4.35. The molecule has 1 saturated heterocycles. The number of pyridine rings is 1. The molecule has 0 unspecified atom stereocenters. The zero-order chi connectivity index (χ0) is 30.8. The molecule has 3 aliphatic rings. The van der Waals surface area contributed by atoms with Crippen LogP contribution in [0.25, 0.3) is 28.3 Å². The van der Waals surface area contributed by atoms with Gasteiger partial charge >= 0.3 is 5.97 Å². The molecule has 228 valence electrons. The van der Waals surface area contributed by atoms with Crippen LogP contribution in [0.2, 0.25) is 0 Å².